The van der Waals surface area contributed by atoms with E-state index < -0.39 is 0 Å². The zero-order chi connectivity index (χ0) is 13.5. The SMILES string of the molecule is Fc1ccc2c(c1)CCC2NC1CCCc2sccc21. The van der Waals surface area contributed by atoms with E-state index in [0.29, 0.717) is 12.1 Å². The predicted molar refractivity (Wildman–Crippen MR) is 80.6 cm³/mol. The molecule has 2 unspecified atom stereocenters. The van der Waals surface area contributed by atoms with Crippen LogP contribution in [0.15, 0.2) is 29.6 Å². The van der Waals surface area contributed by atoms with Gasteiger partial charge in [0.05, 0.1) is 0 Å². The van der Waals surface area contributed by atoms with Gasteiger partial charge in [-0.1, -0.05) is 6.07 Å². The van der Waals surface area contributed by atoms with Crippen LogP contribution in [0.25, 0.3) is 0 Å². The molecule has 2 aromatic rings. The molecular formula is C17H18FNS. The van der Waals surface area contributed by atoms with Crippen molar-refractivity contribution in [2.75, 3.05) is 0 Å². The monoisotopic (exact) mass is 287 g/mol. The summed E-state index contributed by atoms with van der Waals surface area (Å²) in [5.74, 6) is -0.109. The zero-order valence-electron chi connectivity index (χ0n) is 11.4. The molecule has 0 spiro atoms. The molecule has 0 bridgehead atoms. The van der Waals surface area contributed by atoms with Gasteiger partial charge in [0, 0.05) is 17.0 Å². The highest BCUT2D eigenvalue weighted by Crippen LogP contribution is 2.38. The molecule has 1 aromatic carbocycles. The first-order valence-corrected chi connectivity index (χ1v) is 8.30. The number of aryl methyl sites for hydroxylation is 2. The first-order valence-electron chi connectivity index (χ1n) is 7.42. The lowest BCUT2D eigenvalue weighted by Gasteiger charge is -2.27. The summed E-state index contributed by atoms with van der Waals surface area (Å²) in [5.41, 5.74) is 3.98. The van der Waals surface area contributed by atoms with Gasteiger partial charge in [0.25, 0.3) is 0 Å². The maximum absolute atomic E-state index is 13.3. The summed E-state index contributed by atoms with van der Waals surface area (Å²) < 4.78 is 13.3. The molecule has 1 nitrogen and oxygen atoms in total. The molecule has 0 saturated carbocycles. The van der Waals surface area contributed by atoms with Crippen LogP contribution in [0.5, 0.6) is 0 Å². The molecular weight excluding hydrogens is 269 g/mol. The van der Waals surface area contributed by atoms with E-state index in [1.165, 1.54) is 36.0 Å². The van der Waals surface area contributed by atoms with Crippen LogP contribution in [-0.4, -0.2) is 0 Å². The smallest absolute Gasteiger partial charge is 0.123 e. The van der Waals surface area contributed by atoms with Gasteiger partial charge in [0.15, 0.2) is 0 Å². The Morgan fingerprint density at radius 1 is 1.05 bits per heavy atom. The third-order valence-electron chi connectivity index (χ3n) is 4.64. The van der Waals surface area contributed by atoms with Crippen molar-refractivity contribution < 1.29 is 4.39 Å². The van der Waals surface area contributed by atoms with E-state index in [0.717, 1.165) is 12.8 Å². The Hall–Kier alpha value is -1.19. The van der Waals surface area contributed by atoms with Gasteiger partial charge in [-0.05, 0) is 72.4 Å². The van der Waals surface area contributed by atoms with Crippen LogP contribution in [0.3, 0.4) is 0 Å². The minimum Gasteiger partial charge on any atom is -0.303 e. The zero-order valence-corrected chi connectivity index (χ0v) is 12.2. The van der Waals surface area contributed by atoms with Crippen molar-refractivity contribution in [1.29, 1.82) is 0 Å². The number of hydrogen-bond donors (Lipinski definition) is 1. The van der Waals surface area contributed by atoms with Crippen molar-refractivity contribution >= 4 is 11.3 Å². The van der Waals surface area contributed by atoms with E-state index in [4.69, 9.17) is 0 Å². The molecule has 0 fully saturated rings. The summed E-state index contributed by atoms with van der Waals surface area (Å²) in [7, 11) is 0. The normalized spacial score (nSPS) is 24.4. The highest BCUT2D eigenvalue weighted by atomic mass is 32.1. The first-order chi connectivity index (χ1) is 9.81. The van der Waals surface area contributed by atoms with Crippen molar-refractivity contribution in [3.63, 3.8) is 0 Å². The Bertz CT molecular complexity index is 634. The number of fused-ring (bicyclic) bond motifs is 2. The van der Waals surface area contributed by atoms with Crippen molar-refractivity contribution in [3.8, 4) is 0 Å². The minimum absolute atomic E-state index is 0.109. The van der Waals surface area contributed by atoms with Gasteiger partial charge in [0.1, 0.15) is 5.82 Å². The second kappa shape index (κ2) is 4.97. The average Bonchev–Trinajstić information content (AvgIpc) is 3.06. The summed E-state index contributed by atoms with van der Waals surface area (Å²) in [5, 5.41) is 6.03. The largest absolute Gasteiger partial charge is 0.303 e. The van der Waals surface area contributed by atoms with Crippen molar-refractivity contribution in [3.05, 3.63) is 57.0 Å². The standard InChI is InChI=1S/C17H18FNS/c18-12-5-6-13-11(10-12)4-7-16(13)19-15-2-1-3-17-14(15)8-9-20-17/h5-6,8-10,15-16,19H,1-4,7H2. The quantitative estimate of drug-likeness (QED) is 0.855. The molecule has 2 aliphatic carbocycles. The molecule has 3 heteroatoms. The molecule has 0 aliphatic heterocycles. The van der Waals surface area contributed by atoms with Crippen molar-refractivity contribution in [1.82, 2.24) is 5.32 Å². The highest BCUT2D eigenvalue weighted by molar-refractivity contribution is 7.10. The van der Waals surface area contributed by atoms with Gasteiger partial charge >= 0.3 is 0 Å². The Balaban J connectivity index is 1.58. The molecule has 20 heavy (non-hydrogen) atoms. The lowest BCUT2D eigenvalue weighted by atomic mass is 9.93. The summed E-state index contributed by atoms with van der Waals surface area (Å²) in [6.45, 7) is 0. The third kappa shape index (κ3) is 2.09. The Morgan fingerprint density at radius 3 is 2.90 bits per heavy atom. The highest BCUT2D eigenvalue weighted by Gasteiger charge is 2.28. The Labute approximate surface area is 122 Å². The molecule has 1 heterocycles. The van der Waals surface area contributed by atoms with Crippen LogP contribution >= 0.6 is 11.3 Å². The third-order valence-corrected chi connectivity index (χ3v) is 5.63. The van der Waals surface area contributed by atoms with Crippen LogP contribution in [0.2, 0.25) is 0 Å². The fraction of sp³-hybridized carbons (Fsp3) is 0.412. The molecule has 4 rings (SSSR count). The lowest BCUT2D eigenvalue weighted by Crippen LogP contribution is -2.27. The average molecular weight is 287 g/mol. The summed E-state index contributed by atoms with van der Waals surface area (Å²) in [6.07, 6.45) is 5.81. The molecule has 0 amide bonds. The number of thiophene rings is 1. The van der Waals surface area contributed by atoms with Gasteiger partial charge in [0.2, 0.25) is 0 Å². The predicted octanol–water partition coefficient (Wildman–Crippen LogP) is 4.54. The second-order valence-electron chi connectivity index (χ2n) is 5.84. The van der Waals surface area contributed by atoms with Crippen molar-refractivity contribution in [2.45, 2.75) is 44.2 Å². The van der Waals surface area contributed by atoms with Gasteiger partial charge in [-0.25, -0.2) is 4.39 Å². The summed E-state index contributed by atoms with van der Waals surface area (Å²) in [4.78, 5) is 1.55. The molecule has 1 N–H and O–H groups in total. The number of halogens is 1. The van der Waals surface area contributed by atoms with Crippen LogP contribution in [0, 0.1) is 5.82 Å². The van der Waals surface area contributed by atoms with Crippen LogP contribution in [-0.2, 0) is 12.8 Å². The second-order valence-corrected chi connectivity index (χ2v) is 6.85. The van der Waals surface area contributed by atoms with Gasteiger partial charge in [-0.2, -0.15) is 0 Å². The molecule has 2 aliphatic rings. The fourth-order valence-corrected chi connectivity index (χ4v) is 4.65. The number of benzene rings is 1. The van der Waals surface area contributed by atoms with E-state index in [9.17, 15) is 4.39 Å². The molecule has 104 valence electrons. The molecule has 0 saturated heterocycles. The first kappa shape index (κ1) is 12.5. The molecule has 1 aromatic heterocycles. The number of rotatable bonds is 2. The van der Waals surface area contributed by atoms with Crippen molar-refractivity contribution in [2.24, 2.45) is 0 Å². The summed E-state index contributed by atoms with van der Waals surface area (Å²) in [6, 6.07) is 8.40. The van der Waals surface area contributed by atoms with Gasteiger partial charge < -0.3 is 5.32 Å². The molecule has 0 radical (unpaired) electrons. The van der Waals surface area contributed by atoms with E-state index >= 15 is 0 Å². The van der Waals surface area contributed by atoms with Crippen LogP contribution < -0.4 is 5.32 Å². The fourth-order valence-electron chi connectivity index (χ4n) is 3.66. The molecule has 2 atom stereocenters. The van der Waals surface area contributed by atoms with E-state index in [1.807, 2.05) is 17.4 Å². The maximum Gasteiger partial charge on any atom is 0.123 e. The van der Waals surface area contributed by atoms with Crippen LogP contribution in [0.1, 0.15) is 52.9 Å². The number of nitrogens with one attached hydrogen (secondary N) is 1. The summed E-state index contributed by atoms with van der Waals surface area (Å²) >= 11 is 1.89. The lowest BCUT2D eigenvalue weighted by molar-refractivity contribution is 0.401. The maximum atomic E-state index is 13.3. The minimum atomic E-state index is -0.109. The van der Waals surface area contributed by atoms with E-state index in [2.05, 4.69) is 16.8 Å². The number of hydrogen-bond acceptors (Lipinski definition) is 2. The van der Waals surface area contributed by atoms with Gasteiger partial charge in [-0.3, -0.25) is 0 Å². The van der Waals surface area contributed by atoms with Crippen LogP contribution in [0.4, 0.5) is 4.39 Å². The Morgan fingerprint density at radius 2 is 1.95 bits per heavy atom. The van der Waals surface area contributed by atoms with E-state index in [-0.39, 0.29) is 5.82 Å². The van der Waals surface area contributed by atoms with E-state index in [1.54, 1.807) is 17.0 Å². The van der Waals surface area contributed by atoms with Gasteiger partial charge in [-0.15, -0.1) is 11.3 Å². The topological polar surface area (TPSA) is 12.0 Å². The Kier molecular flexibility index (Phi) is 3.12.